The van der Waals surface area contributed by atoms with Gasteiger partial charge in [0.25, 0.3) is 0 Å². The van der Waals surface area contributed by atoms with E-state index in [4.69, 9.17) is 10.3 Å². The van der Waals surface area contributed by atoms with Crippen molar-refractivity contribution < 1.29 is 23.5 Å². The number of sulfone groups is 1. The van der Waals surface area contributed by atoms with Crippen molar-refractivity contribution in [3.05, 3.63) is 0 Å². The Balaban J connectivity index is 4.85. The Bertz CT molecular complexity index is 334. The third-order valence-electron chi connectivity index (χ3n) is 2.10. The fourth-order valence-electron chi connectivity index (χ4n) is 0.849. The number of carbonyl (C=O) groups is 1. The molecule has 0 amide bonds. The van der Waals surface area contributed by atoms with Gasteiger partial charge >= 0.3 is 5.97 Å². The zero-order valence-electron chi connectivity index (χ0n) is 7.97. The lowest BCUT2D eigenvalue weighted by Crippen LogP contribution is -2.43. The second-order valence-corrected chi connectivity index (χ2v) is 5.59. The molecule has 0 rings (SSSR count). The van der Waals surface area contributed by atoms with Gasteiger partial charge in [-0.1, -0.05) is 0 Å². The van der Waals surface area contributed by atoms with Crippen LogP contribution in [-0.4, -0.2) is 41.9 Å². The lowest BCUT2D eigenvalue weighted by atomic mass is 10.1. The molecule has 6 nitrogen and oxygen atoms in total. The molecule has 14 heavy (non-hydrogen) atoms. The summed E-state index contributed by atoms with van der Waals surface area (Å²) in [5.41, 5.74) is 0. The Kier molecular flexibility index (Phi) is 4.06. The van der Waals surface area contributed by atoms with Crippen LogP contribution >= 0.6 is 0 Å². The SMILES string of the molecule is CC(CCC=NO)(C(=O)O)S(C)(=O)=O. The van der Waals surface area contributed by atoms with Gasteiger partial charge in [-0.3, -0.25) is 4.79 Å². The summed E-state index contributed by atoms with van der Waals surface area (Å²) in [6.45, 7) is 1.13. The summed E-state index contributed by atoms with van der Waals surface area (Å²) in [4.78, 5) is 10.8. The van der Waals surface area contributed by atoms with Gasteiger partial charge in [-0.05, 0) is 19.8 Å². The van der Waals surface area contributed by atoms with Gasteiger partial charge < -0.3 is 10.3 Å². The molecule has 0 heterocycles. The summed E-state index contributed by atoms with van der Waals surface area (Å²) >= 11 is 0. The van der Waals surface area contributed by atoms with Gasteiger partial charge in [-0.15, -0.1) is 5.16 Å². The largest absolute Gasteiger partial charge is 0.480 e. The van der Waals surface area contributed by atoms with E-state index in [1.54, 1.807) is 0 Å². The van der Waals surface area contributed by atoms with E-state index < -0.39 is 20.6 Å². The summed E-state index contributed by atoms with van der Waals surface area (Å²) in [5.74, 6) is -1.40. The molecule has 0 aromatic carbocycles. The lowest BCUT2D eigenvalue weighted by Gasteiger charge is -2.21. The van der Waals surface area contributed by atoms with Crippen LogP contribution < -0.4 is 0 Å². The summed E-state index contributed by atoms with van der Waals surface area (Å²) in [6, 6.07) is 0. The zero-order chi connectivity index (χ0) is 11.4. The lowest BCUT2D eigenvalue weighted by molar-refractivity contribution is -0.139. The first-order chi connectivity index (χ1) is 6.25. The number of rotatable bonds is 5. The fourth-order valence-corrected chi connectivity index (χ4v) is 1.65. The molecule has 0 aromatic heterocycles. The molecule has 7 heteroatoms. The summed E-state index contributed by atoms with van der Waals surface area (Å²) in [6.07, 6.45) is 1.90. The number of hydrogen-bond acceptors (Lipinski definition) is 5. The predicted octanol–water partition coefficient (Wildman–Crippen LogP) is 0.115. The molecule has 1 atom stereocenters. The van der Waals surface area contributed by atoms with Crippen molar-refractivity contribution >= 4 is 22.0 Å². The van der Waals surface area contributed by atoms with Crippen LogP contribution in [0.4, 0.5) is 0 Å². The first-order valence-electron chi connectivity index (χ1n) is 3.84. The van der Waals surface area contributed by atoms with Crippen LogP contribution in [0, 0.1) is 0 Å². The molecule has 1 unspecified atom stereocenters. The smallest absolute Gasteiger partial charge is 0.324 e. The first kappa shape index (κ1) is 12.9. The second kappa shape index (κ2) is 4.41. The maximum absolute atomic E-state index is 11.2. The van der Waals surface area contributed by atoms with E-state index >= 15 is 0 Å². The predicted molar refractivity (Wildman–Crippen MR) is 50.4 cm³/mol. The molecule has 0 saturated carbocycles. The zero-order valence-corrected chi connectivity index (χ0v) is 8.78. The summed E-state index contributed by atoms with van der Waals surface area (Å²) in [7, 11) is -3.69. The van der Waals surface area contributed by atoms with Gasteiger partial charge in [0.15, 0.2) is 14.6 Å². The van der Waals surface area contributed by atoms with E-state index in [-0.39, 0.29) is 12.8 Å². The van der Waals surface area contributed by atoms with Gasteiger partial charge in [0.1, 0.15) is 0 Å². The Morgan fingerprint density at radius 3 is 2.36 bits per heavy atom. The molecule has 0 radical (unpaired) electrons. The van der Waals surface area contributed by atoms with E-state index in [0.717, 1.165) is 19.4 Å². The molecule has 0 aromatic rings. The topological polar surface area (TPSA) is 104 Å². The van der Waals surface area contributed by atoms with E-state index in [2.05, 4.69) is 5.16 Å². The summed E-state index contributed by atoms with van der Waals surface area (Å²) < 4.78 is 20.6. The van der Waals surface area contributed by atoms with E-state index in [0.29, 0.717) is 0 Å². The molecule has 0 aliphatic heterocycles. The van der Waals surface area contributed by atoms with Crippen LogP contribution in [0.25, 0.3) is 0 Å². The van der Waals surface area contributed by atoms with Crippen molar-refractivity contribution in [3.8, 4) is 0 Å². The Hall–Kier alpha value is -1.11. The first-order valence-corrected chi connectivity index (χ1v) is 5.73. The Morgan fingerprint density at radius 2 is 2.07 bits per heavy atom. The van der Waals surface area contributed by atoms with Crippen LogP contribution in [0.2, 0.25) is 0 Å². The number of nitrogens with zero attached hydrogens (tertiary/aromatic N) is 1. The number of aliphatic carboxylic acids is 1. The molecule has 0 spiro atoms. The third kappa shape index (κ3) is 2.69. The molecule has 0 fully saturated rings. The van der Waals surface area contributed by atoms with E-state index in [1.165, 1.54) is 0 Å². The Labute approximate surface area is 82.2 Å². The maximum Gasteiger partial charge on any atom is 0.324 e. The van der Waals surface area contributed by atoms with Crippen molar-refractivity contribution in [1.29, 1.82) is 0 Å². The van der Waals surface area contributed by atoms with Gasteiger partial charge in [0.05, 0.1) is 0 Å². The Morgan fingerprint density at radius 1 is 1.57 bits per heavy atom. The average Bonchev–Trinajstić information content (AvgIpc) is 2.02. The van der Waals surface area contributed by atoms with Crippen molar-refractivity contribution in [1.82, 2.24) is 0 Å². The molecule has 82 valence electrons. The second-order valence-electron chi connectivity index (χ2n) is 3.14. The number of hydrogen-bond donors (Lipinski definition) is 2. The highest BCUT2D eigenvalue weighted by Crippen LogP contribution is 2.22. The normalized spacial score (nSPS) is 16.7. The maximum atomic E-state index is 11.2. The van der Waals surface area contributed by atoms with Crippen LogP contribution in [0.3, 0.4) is 0 Å². The van der Waals surface area contributed by atoms with E-state index in [1.807, 2.05) is 0 Å². The average molecular weight is 223 g/mol. The van der Waals surface area contributed by atoms with Crippen LogP contribution in [0.5, 0.6) is 0 Å². The molecule has 0 saturated heterocycles. The number of carboxylic acid groups (broad SMARTS) is 1. The van der Waals surface area contributed by atoms with Crippen molar-refractivity contribution in [2.45, 2.75) is 24.5 Å². The standard InChI is InChI=1S/C7H13NO5S/c1-7(6(9)10,14(2,12)13)4-3-5-8-11/h5,11H,3-4H2,1-2H3,(H,9,10). The highest BCUT2D eigenvalue weighted by atomic mass is 32.2. The fraction of sp³-hybridized carbons (Fsp3) is 0.714. The van der Waals surface area contributed by atoms with Crippen LogP contribution in [0.1, 0.15) is 19.8 Å². The van der Waals surface area contributed by atoms with Gasteiger partial charge in [0.2, 0.25) is 0 Å². The van der Waals surface area contributed by atoms with Crippen LogP contribution in [0.15, 0.2) is 5.16 Å². The number of carboxylic acids is 1. The quantitative estimate of drug-likeness (QED) is 0.391. The van der Waals surface area contributed by atoms with E-state index in [9.17, 15) is 13.2 Å². The molecule has 2 N–H and O–H groups in total. The highest BCUT2D eigenvalue weighted by molar-refractivity contribution is 7.92. The third-order valence-corrected chi connectivity index (χ3v) is 4.12. The van der Waals surface area contributed by atoms with Gasteiger partial charge in [-0.2, -0.15) is 0 Å². The minimum absolute atomic E-state index is 0.0897. The molecular weight excluding hydrogens is 210 g/mol. The molecule has 0 bridgehead atoms. The molecular formula is C7H13NO5S. The van der Waals surface area contributed by atoms with Crippen LogP contribution in [-0.2, 0) is 14.6 Å². The monoisotopic (exact) mass is 223 g/mol. The minimum Gasteiger partial charge on any atom is -0.480 e. The molecule has 0 aliphatic rings. The number of oxime groups is 1. The van der Waals surface area contributed by atoms with Crippen molar-refractivity contribution in [2.75, 3.05) is 6.26 Å². The summed E-state index contributed by atoms with van der Waals surface area (Å²) in [5, 5.41) is 19.5. The molecule has 0 aliphatic carbocycles. The van der Waals surface area contributed by atoms with Crippen molar-refractivity contribution in [3.63, 3.8) is 0 Å². The van der Waals surface area contributed by atoms with Gasteiger partial charge in [0, 0.05) is 12.5 Å². The van der Waals surface area contributed by atoms with Gasteiger partial charge in [-0.25, -0.2) is 8.42 Å². The highest BCUT2D eigenvalue weighted by Gasteiger charge is 2.42. The minimum atomic E-state index is -3.69. The van der Waals surface area contributed by atoms with Crippen molar-refractivity contribution in [2.24, 2.45) is 5.16 Å².